The average molecular weight is 343 g/mol. The monoisotopic (exact) mass is 343 g/mol. The smallest absolute Gasteiger partial charge is 0.303 e. The van der Waals surface area contributed by atoms with Crippen LogP contribution in [0.15, 0.2) is 48.5 Å². The van der Waals surface area contributed by atoms with E-state index in [9.17, 15) is 13.2 Å². The Bertz CT molecular complexity index is 745. The van der Waals surface area contributed by atoms with Gasteiger partial charge in [0.15, 0.2) is 0 Å². The molecule has 0 spiro atoms. The van der Waals surface area contributed by atoms with E-state index in [1.54, 1.807) is 0 Å². The normalized spacial score (nSPS) is 14.5. The largest absolute Gasteiger partial charge is 0.416 e. The van der Waals surface area contributed by atoms with Crippen LogP contribution in [0, 0.1) is 11.8 Å². The second-order valence-corrected chi connectivity index (χ2v) is 6.25. The molecule has 1 aliphatic rings. The van der Waals surface area contributed by atoms with Crippen LogP contribution < -0.4 is 0 Å². The van der Waals surface area contributed by atoms with E-state index in [1.165, 1.54) is 31.6 Å². The van der Waals surface area contributed by atoms with Crippen molar-refractivity contribution in [2.24, 2.45) is 0 Å². The molecule has 1 nitrogen and oxygen atoms in total. The standard InChI is InChI=1S/C21H20F3N/c22-21(23,24)20-12-10-19(11-13-20)18-8-6-17(7-9-18)5-2-1-3-14-25-15-4-16-25/h6-13H,1,3-4,14-16H2. The van der Waals surface area contributed by atoms with E-state index < -0.39 is 11.7 Å². The van der Waals surface area contributed by atoms with E-state index >= 15 is 0 Å². The first-order valence-electron chi connectivity index (χ1n) is 8.51. The van der Waals surface area contributed by atoms with Crippen molar-refractivity contribution in [3.63, 3.8) is 0 Å². The highest BCUT2D eigenvalue weighted by molar-refractivity contribution is 5.64. The van der Waals surface area contributed by atoms with Crippen LogP contribution in [0.3, 0.4) is 0 Å². The van der Waals surface area contributed by atoms with Crippen LogP contribution in [-0.4, -0.2) is 24.5 Å². The van der Waals surface area contributed by atoms with Gasteiger partial charge in [-0.3, -0.25) is 0 Å². The Hall–Kier alpha value is -2.25. The molecular weight excluding hydrogens is 323 g/mol. The van der Waals surface area contributed by atoms with Gasteiger partial charge in [0.1, 0.15) is 0 Å². The minimum absolute atomic E-state index is 0.628. The van der Waals surface area contributed by atoms with Gasteiger partial charge in [0.25, 0.3) is 0 Å². The molecule has 0 unspecified atom stereocenters. The summed E-state index contributed by atoms with van der Waals surface area (Å²) in [5.41, 5.74) is 1.95. The van der Waals surface area contributed by atoms with Crippen LogP contribution in [-0.2, 0) is 6.18 Å². The number of rotatable bonds is 4. The molecule has 130 valence electrons. The van der Waals surface area contributed by atoms with E-state index in [2.05, 4.69) is 16.7 Å². The van der Waals surface area contributed by atoms with Gasteiger partial charge in [0.05, 0.1) is 5.56 Å². The number of halogens is 3. The maximum Gasteiger partial charge on any atom is 0.416 e. The number of unbranched alkanes of at least 4 members (excludes halogenated alkanes) is 1. The molecule has 0 bridgehead atoms. The summed E-state index contributed by atoms with van der Waals surface area (Å²) in [5.74, 6) is 6.33. The maximum absolute atomic E-state index is 12.6. The molecular formula is C21H20F3N. The van der Waals surface area contributed by atoms with E-state index in [1.807, 2.05) is 24.3 Å². The van der Waals surface area contributed by atoms with E-state index in [0.29, 0.717) is 0 Å². The highest BCUT2D eigenvalue weighted by atomic mass is 19.4. The van der Waals surface area contributed by atoms with Crippen molar-refractivity contribution in [3.05, 3.63) is 59.7 Å². The Morgan fingerprint density at radius 1 is 0.880 bits per heavy atom. The van der Waals surface area contributed by atoms with Crippen molar-refractivity contribution in [1.29, 1.82) is 0 Å². The number of likely N-dealkylation sites (tertiary alicyclic amines) is 1. The van der Waals surface area contributed by atoms with Gasteiger partial charge in [0.2, 0.25) is 0 Å². The summed E-state index contributed by atoms with van der Waals surface area (Å²) in [6.45, 7) is 3.57. The van der Waals surface area contributed by atoms with Crippen molar-refractivity contribution < 1.29 is 13.2 Å². The fourth-order valence-electron chi connectivity index (χ4n) is 2.76. The van der Waals surface area contributed by atoms with Gasteiger partial charge in [-0.1, -0.05) is 36.1 Å². The molecule has 0 aromatic heterocycles. The first-order chi connectivity index (χ1) is 12.0. The molecule has 0 radical (unpaired) electrons. The van der Waals surface area contributed by atoms with Crippen molar-refractivity contribution in [3.8, 4) is 23.0 Å². The van der Waals surface area contributed by atoms with Crippen LogP contribution in [0.2, 0.25) is 0 Å². The number of benzene rings is 2. The van der Waals surface area contributed by atoms with Crippen LogP contribution in [0.5, 0.6) is 0 Å². The molecule has 1 saturated heterocycles. The summed E-state index contributed by atoms with van der Waals surface area (Å²) < 4.78 is 37.8. The van der Waals surface area contributed by atoms with Crippen LogP contribution in [0.25, 0.3) is 11.1 Å². The number of hydrogen-bond acceptors (Lipinski definition) is 1. The molecule has 1 fully saturated rings. The molecule has 0 atom stereocenters. The first-order valence-corrected chi connectivity index (χ1v) is 8.51. The lowest BCUT2D eigenvalue weighted by Gasteiger charge is -2.30. The minimum Gasteiger partial charge on any atom is -0.303 e. The zero-order valence-corrected chi connectivity index (χ0v) is 13.9. The Morgan fingerprint density at radius 2 is 1.48 bits per heavy atom. The molecule has 25 heavy (non-hydrogen) atoms. The summed E-state index contributed by atoms with van der Waals surface area (Å²) in [6.07, 6.45) is -1.00. The molecule has 3 rings (SSSR count). The lowest BCUT2D eigenvalue weighted by molar-refractivity contribution is -0.137. The lowest BCUT2D eigenvalue weighted by atomic mass is 10.0. The summed E-state index contributed by atoms with van der Waals surface area (Å²) >= 11 is 0. The zero-order chi connectivity index (χ0) is 17.7. The number of nitrogens with zero attached hydrogens (tertiary/aromatic N) is 1. The van der Waals surface area contributed by atoms with Gasteiger partial charge in [0, 0.05) is 12.0 Å². The van der Waals surface area contributed by atoms with E-state index in [-0.39, 0.29) is 0 Å². The van der Waals surface area contributed by atoms with Gasteiger partial charge in [-0.2, -0.15) is 13.2 Å². The maximum atomic E-state index is 12.6. The molecule has 0 aliphatic carbocycles. The predicted octanol–water partition coefficient (Wildman–Crippen LogP) is 5.21. The summed E-state index contributed by atoms with van der Waals surface area (Å²) in [7, 11) is 0. The van der Waals surface area contributed by atoms with Gasteiger partial charge in [-0.05, 0) is 67.9 Å². The highest BCUT2D eigenvalue weighted by Crippen LogP contribution is 2.31. The van der Waals surface area contributed by atoms with E-state index in [0.717, 1.165) is 48.2 Å². The Labute approximate surface area is 146 Å². The molecule has 4 heteroatoms. The van der Waals surface area contributed by atoms with E-state index in [4.69, 9.17) is 0 Å². The van der Waals surface area contributed by atoms with Gasteiger partial charge >= 0.3 is 6.18 Å². The average Bonchev–Trinajstić information content (AvgIpc) is 2.56. The lowest BCUT2D eigenvalue weighted by Crippen LogP contribution is -2.37. The summed E-state index contributed by atoms with van der Waals surface area (Å²) in [5, 5.41) is 0. The molecule has 0 amide bonds. The second-order valence-electron chi connectivity index (χ2n) is 6.25. The Kier molecular flexibility index (Phi) is 5.45. The number of hydrogen-bond donors (Lipinski definition) is 0. The van der Waals surface area contributed by atoms with Crippen LogP contribution in [0.4, 0.5) is 13.2 Å². The Morgan fingerprint density at radius 3 is 2.00 bits per heavy atom. The third kappa shape index (κ3) is 4.87. The third-order valence-electron chi connectivity index (χ3n) is 4.39. The fraction of sp³-hybridized carbons (Fsp3) is 0.333. The van der Waals surface area contributed by atoms with Crippen molar-refractivity contribution in [2.45, 2.75) is 25.4 Å². The van der Waals surface area contributed by atoms with Crippen molar-refractivity contribution >= 4 is 0 Å². The molecule has 1 heterocycles. The van der Waals surface area contributed by atoms with Crippen LogP contribution >= 0.6 is 0 Å². The van der Waals surface area contributed by atoms with Crippen molar-refractivity contribution in [2.75, 3.05) is 19.6 Å². The Balaban J connectivity index is 1.56. The summed E-state index contributed by atoms with van der Waals surface area (Å²) in [6, 6.07) is 12.8. The summed E-state index contributed by atoms with van der Waals surface area (Å²) in [4.78, 5) is 2.43. The van der Waals surface area contributed by atoms with Gasteiger partial charge in [-0.15, -0.1) is 0 Å². The zero-order valence-electron chi connectivity index (χ0n) is 13.9. The second kappa shape index (κ2) is 7.76. The fourth-order valence-corrected chi connectivity index (χ4v) is 2.76. The molecule has 0 N–H and O–H groups in total. The van der Waals surface area contributed by atoms with Gasteiger partial charge < -0.3 is 4.90 Å². The predicted molar refractivity (Wildman–Crippen MR) is 94.0 cm³/mol. The highest BCUT2D eigenvalue weighted by Gasteiger charge is 2.29. The molecule has 2 aromatic rings. The quantitative estimate of drug-likeness (QED) is 0.544. The third-order valence-corrected chi connectivity index (χ3v) is 4.39. The SMILES string of the molecule is FC(F)(F)c1ccc(-c2ccc(C#CCCCN3CCC3)cc2)cc1. The first kappa shape index (κ1) is 17.6. The minimum atomic E-state index is -4.30. The number of alkyl halides is 3. The molecule has 1 aliphatic heterocycles. The molecule has 2 aromatic carbocycles. The van der Waals surface area contributed by atoms with Gasteiger partial charge in [-0.25, -0.2) is 0 Å². The van der Waals surface area contributed by atoms with Crippen LogP contribution in [0.1, 0.15) is 30.4 Å². The molecule has 0 saturated carbocycles. The topological polar surface area (TPSA) is 3.24 Å². The van der Waals surface area contributed by atoms with Crippen molar-refractivity contribution in [1.82, 2.24) is 4.90 Å².